The number of rotatable bonds is 7. The molecule has 0 saturated carbocycles. The Labute approximate surface area is 153 Å². The Bertz CT molecular complexity index is 573. The molecule has 2 rings (SSSR count). The minimum Gasteiger partial charge on any atom is -0.469 e. The van der Waals surface area contributed by atoms with Gasteiger partial charge in [-0.2, -0.15) is 0 Å². The molecule has 25 heavy (non-hydrogen) atoms. The Morgan fingerprint density at radius 3 is 2.52 bits per heavy atom. The van der Waals surface area contributed by atoms with Gasteiger partial charge in [0, 0.05) is 43.3 Å². The number of halogens is 1. The standard InChI is InChI=1S/C18H25ClN2O4/c1-14(18(23)24-2)13-21(8-7-20-9-11-25-12-10-20)17(22)15-3-5-16(19)6-4-15/h3-6,14H,7-13H2,1-2H3. The van der Waals surface area contributed by atoms with Crippen molar-refractivity contribution in [2.45, 2.75) is 6.92 Å². The lowest BCUT2D eigenvalue weighted by Crippen LogP contribution is -2.45. The molecular formula is C18H25ClN2O4. The van der Waals surface area contributed by atoms with E-state index in [1.54, 1.807) is 36.1 Å². The number of hydrogen-bond acceptors (Lipinski definition) is 5. The lowest BCUT2D eigenvalue weighted by molar-refractivity contribution is -0.145. The third-order valence-corrected chi connectivity index (χ3v) is 4.52. The van der Waals surface area contributed by atoms with Crippen LogP contribution in [0.3, 0.4) is 0 Å². The van der Waals surface area contributed by atoms with Gasteiger partial charge in [0.25, 0.3) is 5.91 Å². The largest absolute Gasteiger partial charge is 0.469 e. The van der Waals surface area contributed by atoms with Crippen molar-refractivity contribution in [3.8, 4) is 0 Å². The molecule has 1 aliphatic rings. The second-order valence-corrected chi connectivity index (χ2v) is 6.57. The van der Waals surface area contributed by atoms with Gasteiger partial charge in [0.1, 0.15) is 0 Å². The lowest BCUT2D eigenvalue weighted by Gasteiger charge is -2.31. The molecule has 1 atom stereocenters. The molecule has 0 spiro atoms. The number of nitrogens with zero attached hydrogens (tertiary/aromatic N) is 2. The van der Waals surface area contributed by atoms with E-state index in [0.717, 1.165) is 19.6 Å². The number of morpholine rings is 1. The summed E-state index contributed by atoms with van der Waals surface area (Å²) in [5, 5.41) is 0.583. The van der Waals surface area contributed by atoms with Gasteiger partial charge in [0.2, 0.25) is 0 Å². The first-order chi connectivity index (χ1) is 12.0. The van der Waals surface area contributed by atoms with Crippen LogP contribution in [0.25, 0.3) is 0 Å². The van der Waals surface area contributed by atoms with Gasteiger partial charge >= 0.3 is 5.97 Å². The molecule has 1 saturated heterocycles. The van der Waals surface area contributed by atoms with Crippen LogP contribution in [0.4, 0.5) is 0 Å². The number of methoxy groups -OCH3 is 1. The van der Waals surface area contributed by atoms with E-state index >= 15 is 0 Å². The van der Waals surface area contributed by atoms with Crippen molar-refractivity contribution in [1.29, 1.82) is 0 Å². The van der Waals surface area contributed by atoms with Crippen LogP contribution in [0, 0.1) is 5.92 Å². The van der Waals surface area contributed by atoms with Gasteiger partial charge < -0.3 is 14.4 Å². The van der Waals surface area contributed by atoms with E-state index in [2.05, 4.69) is 4.90 Å². The molecule has 0 aliphatic carbocycles. The summed E-state index contributed by atoms with van der Waals surface area (Å²) in [5.41, 5.74) is 0.559. The van der Waals surface area contributed by atoms with Crippen molar-refractivity contribution in [1.82, 2.24) is 9.80 Å². The van der Waals surface area contributed by atoms with Gasteiger partial charge in [-0.15, -0.1) is 0 Å². The fourth-order valence-electron chi connectivity index (χ4n) is 2.74. The first-order valence-corrected chi connectivity index (χ1v) is 8.82. The predicted molar refractivity (Wildman–Crippen MR) is 95.8 cm³/mol. The van der Waals surface area contributed by atoms with Crippen LogP contribution in [0.15, 0.2) is 24.3 Å². The summed E-state index contributed by atoms with van der Waals surface area (Å²) < 4.78 is 10.1. The minimum absolute atomic E-state index is 0.110. The highest BCUT2D eigenvalue weighted by molar-refractivity contribution is 6.30. The number of esters is 1. The molecule has 0 bridgehead atoms. The average Bonchev–Trinajstić information content (AvgIpc) is 2.65. The molecule has 0 N–H and O–H groups in total. The summed E-state index contributed by atoms with van der Waals surface area (Å²) >= 11 is 5.90. The van der Waals surface area contributed by atoms with Gasteiger partial charge in [-0.05, 0) is 24.3 Å². The fraction of sp³-hybridized carbons (Fsp3) is 0.556. The number of carbonyl (C=O) groups excluding carboxylic acids is 2. The van der Waals surface area contributed by atoms with E-state index in [1.807, 2.05) is 0 Å². The number of benzene rings is 1. The molecule has 1 amide bonds. The molecule has 7 heteroatoms. The predicted octanol–water partition coefficient (Wildman–Crippen LogP) is 1.92. The van der Waals surface area contributed by atoms with E-state index in [9.17, 15) is 9.59 Å². The highest BCUT2D eigenvalue weighted by Gasteiger charge is 2.23. The van der Waals surface area contributed by atoms with E-state index in [0.29, 0.717) is 36.9 Å². The lowest BCUT2D eigenvalue weighted by atomic mass is 10.1. The highest BCUT2D eigenvalue weighted by Crippen LogP contribution is 2.13. The van der Waals surface area contributed by atoms with Crippen molar-refractivity contribution in [2.24, 2.45) is 5.92 Å². The highest BCUT2D eigenvalue weighted by atomic mass is 35.5. The van der Waals surface area contributed by atoms with Crippen molar-refractivity contribution in [3.05, 3.63) is 34.9 Å². The molecule has 1 aliphatic heterocycles. The molecule has 6 nitrogen and oxygen atoms in total. The van der Waals surface area contributed by atoms with Gasteiger partial charge in [0.05, 0.1) is 26.2 Å². The monoisotopic (exact) mass is 368 g/mol. The zero-order chi connectivity index (χ0) is 18.2. The van der Waals surface area contributed by atoms with Crippen LogP contribution in [0.2, 0.25) is 5.02 Å². The molecule has 1 heterocycles. The van der Waals surface area contributed by atoms with Crippen LogP contribution < -0.4 is 0 Å². The summed E-state index contributed by atoms with van der Waals surface area (Å²) in [4.78, 5) is 28.6. The Kier molecular flexibility index (Phi) is 7.68. The number of hydrogen-bond donors (Lipinski definition) is 0. The maximum absolute atomic E-state index is 12.9. The van der Waals surface area contributed by atoms with E-state index in [4.69, 9.17) is 21.1 Å². The minimum atomic E-state index is -0.383. The number of amides is 1. The molecule has 0 radical (unpaired) electrons. The summed E-state index contributed by atoms with van der Waals surface area (Å²) in [5.74, 6) is -0.813. The van der Waals surface area contributed by atoms with Crippen LogP contribution in [-0.4, -0.2) is 74.7 Å². The van der Waals surface area contributed by atoms with E-state index < -0.39 is 0 Å². The maximum Gasteiger partial charge on any atom is 0.310 e. The number of carbonyl (C=O) groups is 2. The molecule has 1 fully saturated rings. The van der Waals surface area contributed by atoms with Crippen LogP contribution >= 0.6 is 11.6 Å². The maximum atomic E-state index is 12.9. The van der Waals surface area contributed by atoms with Gasteiger partial charge in [0.15, 0.2) is 0 Å². The third kappa shape index (κ3) is 5.99. The molecular weight excluding hydrogens is 344 g/mol. The third-order valence-electron chi connectivity index (χ3n) is 4.27. The van der Waals surface area contributed by atoms with Crippen LogP contribution in [0.5, 0.6) is 0 Å². The molecule has 1 unspecified atom stereocenters. The first-order valence-electron chi connectivity index (χ1n) is 8.44. The van der Waals surface area contributed by atoms with Crippen LogP contribution in [0.1, 0.15) is 17.3 Å². The van der Waals surface area contributed by atoms with Crippen molar-refractivity contribution >= 4 is 23.5 Å². The summed E-state index contributed by atoms with van der Waals surface area (Å²) in [7, 11) is 1.36. The van der Waals surface area contributed by atoms with Gasteiger partial charge in [-0.25, -0.2) is 0 Å². The van der Waals surface area contributed by atoms with E-state index in [-0.39, 0.29) is 17.8 Å². The van der Waals surface area contributed by atoms with Crippen molar-refractivity contribution < 1.29 is 19.1 Å². The molecule has 0 aromatic heterocycles. The van der Waals surface area contributed by atoms with Crippen molar-refractivity contribution in [2.75, 3.05) is 53.0 Å². The topological polar surface area (TPSA) is 59.1 Å². The smallest absolute Gasteiger partial charge is 0.310 e. The summed E-state index contributed by atoms with van der Waals surface area (Å²) in [6, 6.07) is 6.79. The Hall–Kier alpha value is -1.63. The van der Waals surface area contributed by atoms with Gasteiger partial charge in [-0.1, -0.05) is 18.5 Å². The summed E-state index contributed by atoms with van der Waals surface area (Å²) in [6.45, 7) is 6.51. The average molecular weight is 369 g/mol. The van der Waals surface area contributed by atoms with Gasteiger partial charge in [-0.3, -0.25) is 14.5 Å². The van der Waals surface area contributed by atoms with E-state index in [1.165, 1.54) is 7.11 Å². The molecule has 1 aromatic carbocycles. The SMILES string of the molecule is COC(=O)C(C)CN(CCN1CCOCC1)C(=O)c1ccc(Cl)cc1. The zero-order valence-corrected chi connectivity index (χ0v) is 15.5. The fourth-order valence-corrected chi connectivity index (χ4v) is 2.87. The quantitative estimate of drug-likeness (QED) is 0.688. The normalized spacial score (nSPS) is 16.3. The number of ether oxygens (including phenoxy) is 2. The van der Waals surface area contributed by atoms with Crippen molar-refractivity contribution in [3.63, 3.8) is 0 Å². The first kappa shape index (κ1) is 19.7. The molecule has 1 aromatic rings. The zero-order valence-electron chi connectivity index (χ0n) is 14.7. The second kappa shape index (κ2) is 9.75. The second-order valence-electron chi connectivity index (χ2n) is 6.14. The Morgan fingerprint density at radius 1 is 1.28 bits per heavy atom. The Balaban J connectivity index is 2.05. The Morgan fingerprint density at radius 2 is 1.92 bits per heavy atom. The van der Waals surface area contributed by atoms with Crippen LogP contribution in [-0.2, 0) is 14.3 Å². The molecule has 138 valence electrons. The summed E-state index contributed by atoms with van der Waals surface area (Å²) in [6.07, 6.45) is 0.